The van der Waals surface area contributed by atoms with E-state index in [1.807, 2.05) is 48.5 Å². The highest BCUT2D eigenvalue weighted by molar-refractivity contribution is 6.19. The summed E-state index contributed by atoms with van der Waals surface area (Å²) in [5.41, 5.74) is 8.75. The summed E-state index contributed by atoms with van der Waals surface area (Å²) in [6, 6.07) is 16.5. The maximum Gasteiger partial charge on any atom is 0.291 e. The van der Waals surface area contributed by atoms with E-state index in [1.165, 1.54) is 0 Å². The average molecular weight is 445 g/mol. The average Bonchev–Trinajstić information content (AvgIpc) is 3.25. The van der Waals surface area contributed by atoms with Crippen LogP contribution in [0, 0.1) is 5.41 Å². The molecule has 0 saturated heterocycles. The fourth-order valence-corrected chi connectivity index (χ4v) is 3.35. The number of hydrogen-bond acceptors (Lipinski definition) is 7. The van der Waals surface area contributed by atoms with Gasteiger partial charge < -0.3 is 25.1 Å². The first-order valence-electron chi connectivity index (χ1n) is 10.2. The monoisotopic (exact) mass is 445 g/mol. The van der Waals surface area contributed by atoms with Crippen LogP contribution < -0.4 is 11.1 Å². The smallest absolute Gasteiger partial charge is 0.291 e. The fourth-order valence-electron chi connectivity index (χ4n) is 3.35. The molecule has 1 aliphatic rings. The molecule has 10 nitrogen and oxygen atoms in total. The first-order chi connectivity index (χ1) is 16.1. The van der Waals surface area contributed by atoms with Gasteiger partial charge in [-0.3, -0.25) is 10.2 Å². The van der Waals surface area contributed by atoms with Crippen LogP contribution in [0.25, 0.3) is 0 Å². The van der Waals surface area contributed by atoms with E-state index in [1.54, 1.807) is 30.1 Å². The normalized spacial score (nSPS) is 15.8. The number of ether oxygens (including phenoxy) is 2. The molecule has 10 heteroatoms. The third kappa shape index (κ3) is 4.96. The second-order valence-electron chi connectivity index (χ2n) is 7.09. The van der Waals surface area contributed by atoms with Crippen LogP contribution in [0.3, 0.4) is 0 Å². The Kier molecular flexibility index (Phi) is 6.56. The van der Waals surface area contributed by atoms with E-state index in [2.05, 4.69) is 20.3 Å². The third-order valence-corrected chi connectivity index (χ3v) is 4.88. The molecule has 4 rings (SSSR count). The minimum absolute atomic E-state index is 0.261. The quantitative estimate of drug-likeness (QED) is 0.393. The minimum atomic E-state index is -1.20. The number of carbonyl (C=O) groups excluding carboxylic acids is 1. The van der Waals surface area contributed by atoms with Crippen LogP contribution in [0.5, 0.6) is 0 Å². The summed E-state index contributed by atoms with van der Waals surface area (Å²) < 4.78 is 12.1. The zero-order valence-corrected chi connectivity index (χ0v) is 17.9. The van der Waals surface area contributed by atoms with E-state index in [0.717, 1.165) is 11.1 Å². The van der Waals surface area contributed by atoms with E-state index in [4.69, 9.17) is 20.6 Å². The Morgan fingerprint density at radius 1 is 1.21 bits per heavy atom. The van der Waals surface area contributed by atoms with Crippen LogP contribution in [0.15, 0.2) is 77.0 Å². The maximum absolute atomic E-state index is 12.9. The van der Waals surface area contributed by atoms with Crippen molar-refractivity contribution in [2.45, 2.75) is 12.7 Å². The molecule has 1 amide bonds. The maximum atomic E-state index is 12.9. The summed E-state index contributed by atoms with van der Waals surface area (Å²) in [5, 5.41) is 11.0. The van der Waals surface area contributed by atoms with Crippen LogP contribution in [0.2, 0.25) is 0 Å². The summed E-state index contributed by atoms with van der Waals surface area (Å²) in [4.78, 5) is 25.7. The second-order valence-corrected chi connectivity index (χ2v) is 7.09. The lowest BCUT2D eigenvalue weighted by Gasteiger charge is -2.11. The van der Waals surface area contributed by atoms with Gasteiger partial charge in [-0.2, -0.15) is 4.99 Å². The van der Waals surface area contributed by atoms with Gasteiger partial charge in [0.15, 0.2) is 5.82 Å². The van der Waals surface area contributed by atoms with Gasteiger partial charge in [0.25, 0.3) is 17.8 Å². The number of methoxy groups -OCH3 is 1. The number of para-hydroxylation sites is 1. The molecule has 1 aliphatic heterocycles. The summed E-state index contributed by atoms with van der Waals surface area (Å²) >= 11 is 0. The number of amidine groups is 1. The lowest BCUT2D eigenvalue weighted by molar-refractivity contribution is -0.117. The molecule has 0 bridgehead atoms. The Morgan fingerprint density at radius 2 is 1.97 bits per heavy atom. The van der Waals surface area contributed by atoms with Gasteiger partial charge >= 0.3 is 0 Å². The number of nitrogens with one attached hydrogen (secondary N) is 2. The van der Waals surface area contributed by atoms with Gasteiger partial charge in [0.1, 0.15) is 0 Å². The Balaban J connectivity index is 1.62. The summed E-state index contributed by atoms with van der Waals surface area (Å²) in [5.74, 6) is -0.508. The number of nitrogens with two attached hydrogens (primary N) is 1. The van der Waals surface area contributed by atoms with Crippen LogP contribution in [0.4, 0.5) is 5.69 Å². The molecule has 168 valence electrons. The van der Waals surface area contributed by atoms with Gasteiger partial charge in [0.2, 0.25) is 6.17 Å². The number of benzene rings is 2. The number of fused-ring (bicyclic) bond motifs is 1. The van der Waals surface area contributed by atoms with Gasteiger partial charge in [-0.05, 0) is 6.07 Å². The Morgan fingerprint density at radius 3 is 2.76 bits per heavy atom. The fraction of sp³-hybridized carbons (Fsp3) is 0.174. The van der Waals surface area contributed by atoms with Crippen LogP contribution in [-0.2, 0) is 20.8 Å². The molecule has 1 aromatic heterocycles. The molecule has 0 aliphatic carbocycles. The summed E-state index contributed by atoms with van der Waals surface area (Å²) in [6.07, 6.45) is 2.04. The molecule has 0 fully saturated rings. The molecule has 3 aromatic rings. The molecule has 0 spiro atoms. The molecule has 33 heavy (non-hydrogen) atoms. The largest absolute Gasteiger partial charge is 0.404 e. The van der Waals surface area contributed by atoms with Crippen molar-refractivity contribution in [1.29, 1.82) is 5.41 Å². The zero-order valence-electron chi connectivity index (χ0n) is 17.9. The van der Waals surface area contributed by atoms with Crippen LogP contribution >= 0.6 is 0 Å². The SMILES string of the molecule is COCCn1ccnc1C(=N)OC(N)=NC1N=C(c2ccccc2)c2ccccc2NC1=O. The Bertz CT molecular complexity index is 1220. The molecule has 2 aromatic carbocycles. The van der Waals surface area contributed by atoms with Gasteiger partial charge in [0.05, 0.1) is 18.0 Å². The lowest BCUT2D eigenvalue weighted by atomic mass is 10.0. The number of amides is 1. The Labute approximate surface area is 190 Å². The number of aliphatic imine (C=N–C) groups is 2. The number of anilines is 1. The molecule has 1 atom stereocenters. The highest BCUT2D eigenvalue weighted by atomic mass is 16.5. The first-order valence-corrected chi connectivity index (χ1v) is 10.2. The highest BCUT2D eigenvalue weighted by Crippen LogP contribution is 2.24. The van der Waals surface area contributed by atoms with Crippen molar-refractivity contribution >= 4 is 29.2 Å². The number of rotatable bonds is 6. The number of carbonyl (C=O) groups is 1. The molecule has 1 unspecified atom stereocenters. The van der Waals surface area contributed by atoms with Crippen LogP contribution in [-0.4, -0.2) is 53.0 Å². The van der Waals surface area contributed by atoms with Crippen LogP contribution in [0.1, 0.15) is 17.0 Å². The lowest BCUT2D eigenvalue weighted by Crippen LogP contribution is -2.30. The van der Waals surface area contributed by atoms with E-state index in [9.17, 15) is 4.79 Å². The first kappa shape index (κ1) is 21.9. The van der Waals surface area contributed by atoms with Gasteiger partial charge in [0, 0.05) is 37.2 Å². The topological polar surface area (TPSA) is 140 Å². The molecule has 4 N–H and O–H groups in total. The van der Waals surface area contributed by atoms with E-state index in [0.29, 0.717) is 24.6 Å². The van der Waals surface area contributed by atoms with Gasteiger partial charge in [-0.1, -0.05) is 48.5 Å². The minimum Gasteiger partial charge on any atom is -0.404 e. The van der Waals surface area contributed by atoms with E-state index < -0.39 is 12.1 Å². The highest BCUT2D eigenvalue weighted by Gasteiger charge is 2.26. The molecule has 2 heterocycles. The van der Waals surface area contributed by atoms with Crippen molar-refractivity contribution < 1.29 is 14.3 Å². The zero-order chi connectivity index (χ0) is 23.2. The number of benzodiazepines with no additional fused rings is 1. The summed E-state index contributed by atoms with van der Waals surface area (Å²) in [7, 11) is 1.59. The predicted molar refractivity (Wildman–Crippen MR) is 125 cm³/mol. The molecular weight excluding hydrogens is 422 g/mol. The second kappa shape index (κ2) is 9.88. The third-order valence-electron chi connectivity index (χ3n) is 4.88. The summed E-state index contributed by atoms with van der Waals surface area (Å²) in [6.45, 7) is 0.933. The molecule has 0 saturated carbocycles. The molecular formula is C23H23N7O3. The number of aromatic nitrogens is 2. The van der Waals surface area contributed by atoms with Crippen molar-refractivity contribution in [2.75, 3.05) is 19.0 Å². The number of nitrogens with zero attached hydrogens (tertiary/aromatic N) is 4. The van der Waals surface area contributed by atoms with E-state index in [-0.39, 0.29) is 17.7 Å². The van der Waals surface area contributed by atoms with Crippen molar-refractivity contribution in [3.63, 3.8) is 0 Å². The van der Waals surface area contributed by atoms with Crippen molar-refractivity contribution in [1.82, 2.24) is 9.55 Å². The van der Waals surface area contributed by atoms with Crippen molar-refractivity contribution in [3.05, 3.63) is 83.9 Å². The van der Waals surface area contributed by atoms with Crippen molar-refractivity contribution in [2.24, 2.45) is 15.7 Å². The predicted octanol–water partition coefficient (Wildman–Crippen LogP) is 2.00. The molecule has 0 radical (unpaired) electrons. The van der Waals surface area contributed by atoms with E-state index >= 15 is 0 Å². The van der Waals surface area contributed by atoms with Crippen molar-refractivity contribution in [3.8, 4) is 0 Å². The number of imidazole rings is 1. The Hall–Kier alpha value is -4.31. The van der Waals surface area contributed by atoms with Gasteiger partial charge in [-0.15, -0.1) is 0 Å². The number of hydrogen-bond donors (Lipinski definition) is 3. The van der Waals surface area contributed by atoms with Gasteiger partial charge in [-0.25, -0.2) is 9.98 Å². The standard InChI is InChI=1S/C23H23N7O3/c1-32-14-13-30-12-11-26-21(30)19(24)33-23(25)29-20-22(31)27-17-10-6-5-9-16(17)18(28-20)15-7-3-2-4-8-15/h2-12,20,24H,13-14H2,1H3,(H2,25,29)(H,27,31).